The predicted octanol–water partition coefficient (Wildman–Crippen LogP) is 3.50. The Bertz CT molecular complexity index is 1170. The molecule has 5 N–H and O–H groups in total. The maximum atomic E-state index is 9.77. The van der Waals surface area contributed by atoms with Gasteiger partial charge in [-0.1, -0.05) is 62.4 Å². The van der Waals surface area contributed by atoms with Crippen molar-refractivity contribution in [3.63, 3.8) is 0 Å². The number of hydrogen-bond acceptors (Lipinski definition) is 7. The molecule has 0 aliphatic carbocycles. The van der Waals surface area contributed by atoms with Crippen molar-refractivity contribution in [3.8, 4) is 0 Å². The smallest absolute Gasteiger partial charge is 0.227 e. The SMILES string of the molecule is CC(C)C(CO)Nc1nc(NCc2ccccc2N)c2ncn(Cc3ccccc3)c2n1. The number of fused-ring (bicyclic) bond motifs is 1. The van der Waals surface area contributed by atoms with Crippen LogP contribution < -0.4 is 16.4 Å². The molecule has 32 heavy (non-hydrogen) atoms. The minimum Gasteiger partial charge on any atom is -0.398 e. The van der Waals surface area contributed by atoms with Crippen molar-refractivity contribution >= 4 is 28.6 Å². The highest BCUT2D eigenvalue weighted by atomic mass is 16.3. The number of para-hydroxylation sites is 1. The molecule has 2 heterocycles. The second-order valence-electron chi connectivity index (χ2n) is 8.16. The van der Waals surface area contributed by atoms with Gasteiger partial charge in [0.05, 0.1) is 25.5 Å². The van der Waals surface area contributed by atoms with Crippen LogP contribution in [0, 0.1) is 5.92 Å². The lowest BCUT2D eigenvalue weighted by atomic mass is 10.1. The summed E-state index contributed by atoms with van der Waals surface area (Å²) in [6.45, 7) is 5.24. The summed E-state index contributed by atoms with van der Waals surface area (Å²) < 4.78 is 2.00. The molecule has 0 amide bonds. The minimum atomic E-state index is -0.157. The van der Waals surface area contributed by atoms with Gasteiger partial charge in [0.2, 0.25) is 5.95 Å². The van der Waals surface area contributed by atoms with E-state index in [0.717, 1.165) is 22.5 Å². The van der Waals surface area contributed by atoms with Gasteiger partial charge in [0, 0.05) is 12.2 Å². The van der Waals surface area contributed by atoms with Crippen LogP contribution in [0.4, 0.5) is 17.5 Å². The van der Waals surface area contributed by atoms with E-state index in [9.17, 15) is 5.11 Å². The number of nitrogens with one attached hydrogen (secondary N) is 2. The second-order valence-corrected chi connectivity index (χ2v) is 8.16. The van der Waals surface area contributed by atoms with Crippen LogP contribution >= 0.6 is 0 Å². The quantitative estimate of drug-likeness (QED) is 0.300. The average Bonchev–Trinajstić information content (AvgIpc) is 3.20. The van der Waals surface area contributed by atoms with Crippen LogP contribution in [0.15, 0.2) is 60.9 Å². The average molecular weight is 432 g/mol. The highest BCUT2D eigenvalue weighted by Crippen LogP contribution is 2.24. The summed E-state index contributed by atoms with van der Waals surface area (Å²) in [6.07, 6.45) is 1.78. The number of nitrogens with zero attached hydrogens (tertiary/aromatic N) is 4. The predicted molar refractivity (Wildman–Crippen MR) is 128 cm³/mol. The molecule has 0 bridgehead atoms. The van der Waals surface area contributed by atoms with Gasteiger partial charge in [-0.15, -0.1) is 0 Å². The van der Waals surface area contributed by atoms with E-state index in [1.807, 2.05) is 60.9 Å². The Labute approximate surface area is 187 Å². The van der Waals surface area contributed by atoms with Gasteiger partial charge in [-0.25, -0.2) is 4.98 Å². The van der Waals surface area contributed by atoms with E-state index in [0.29, 0.717) is 30.4 Å². The van der Waals surface area contributed by atoms with E-state index in [1.165, 1.54) is 0 Å². The zero-order valence-electron chi connectivity index (χ0n) is 18.4. The van der Waals surface area contributed by atoms with Gasteiger partial charge in [0.1, 0.15) is 0 Å². The number of nitrogens with two attached hydrogens (primary N) is 1. The lowest BCUT2D eigenvalue weighted by Crippen LogP contribution is -2.30. The summed E-state index contributed by atoms with van der Waals surface area (Å²) in [5, 5.41) is 16.4. The second kappa shape index (κ2) is 9.65. The standard InChI is InChI=1S/C24H29N7O/c1-16(2)20(14-32)28-24-29-22(26-12-18-10-6-7-11-19(18)25)21-23(30-24)31(15-27-21)13-17-8-4-3-5-9-17/h3-11,15-16,20,32H,12-14,25H2,1-2H3,(H2,26,28,29,30). The van der Waals surface area contributed by atoms with E-state index in [4.69, 9.17) is 10.7 Å². The Morgan fingerprint density at radius 3 is 2.50 bits per heavy atom. The summed E-state index contributed by atoms with van der Waals surface area (Å²) in [7, 11) is 0. The van der Waals surface area contributed by atoms with Crippen molar-refractivity contribution in [2.24, 2.45) is 5.92 Å². The van der Waals surface area contributed by atoms with E-state index in [-0.39, 0.29) is 18.6 Å². The first-order valence-corrected chi connectivity index (χ1v) is 10.8. The van der Waals surface area contributed by atoms with Gasteiger partial charge in [0.15, 0.2) is 17.0 Å². The molecule has 166 valence electrons. The molecule has 0 spiro atoms. The lowest BCUT2D eigenvalue weighted by molar-refractivity contribution is 0.248. The van der Waals surface area contributed by atoms with Gasteiger partial charge in [-0.2, -0.15) is 9.97 Å². The molecule has 0 aliphatic heterocycles. The first-order chi connectivity index (χ1) is 15.5. The molecule has 2 aromatic heterocycles. The highest BCUT2D eigenvalue weighted by molar-refractivity contribution is 5.84. The molecule has 0 fully saturated rings. The van der Waals surface area contributed by atoms with Crippen LogP contribution in [0.3, 0.4) is 0 Å². The zero-order valence-corrected chi connectivity index (χ0v) is 18.4. The molecule has 0 aliphatic rings. The molecule has 1 unspecified atom stereocenters. The maximum absolute atomic E-state index is 9.77. The van der Waals surface area contributed by atoms with Crippen LogP contribution in [0.1, 0.15) is 25.0 Å². The zero-order chi connectivity index (χ0) is 22.5. The van der Waals surface area contributed by atoms with Crippen LogP contribution in [-0.2, 0) is 13.1 Å². The van der Waals surface area contributed by atoms with Crippen molar-refractivity contribution in [2.75, 3.05) is 23.0 Å². The molecular formula is C24H29N7O. The number of imidazole rings is 1. The van der Waals surface area contributed by atoms with Gasteiger partial charge >= 0.3 is 0 Å². The number of hydrogen-bond donors (Lipinski definition) is 4. The van der Waals surface area contributed by atoms with E-state index < -0.39 is 0 Å². The van der Waals surface area contributed by atoms with Crippen molar-refractivity contribution in [2.45, 2.75) is 33.0 Å². The largest absolute Gasteiger partial charge is 0.398 e. The van der Waals surface area contributed by atoms with Crippen molar-refractivity contribution < 1.29 is 5.11 Å². The number of aliphatic hydroxyl groups is 1. The molecule has 0 radical (unpaired) electrons. The fourth-order valence-electron chi connectivity index (χ4n) is 3.49. The topological polar surface area (TPSA) is 114 Å². The van der Waals surface area contributed by atoms with Gasteiger partial charge < -0.3 is 26.0 Å². The summed E-state index contributed by atoms with van der Waals surface area (Å²) in [5.74, 6) is 1.28. The molecule has 8 nitrogen and oxygen atoms in total. The molecule has 4 rings (SSSR count). The Morgan fingerprint density at radius 1 is 1.03 bits per heavy atom. The molecule has 0 saturated heterocycles. The Balaban J connectivity index is 1.70. The molecule has 0 saturated carbocycles. The lowest BCUT2D eigenvalue weighted by Gasteiger charge is -2.20. The van der Waals surface area contributed by atoms with Crippen molar-refractivity contribution in [1.82, 2.24) is 19.5 Å². The van der Waals surface area contributed by atoms with E-state index in [2.05, 4.69) is 32.7 Å². The van der Waals surface area contributed by atoms with Crippen LogP contribution in [0.25, 0.3) is 11.2 Å². The fraction of sp³-hybridized carbons (Fsp3) is 0.292. The molecule has 1 atom stereocenters. The number of rotatable bonds is 9. The summed E-state index contributed by atoms with van der Waals surface area (Å²) in [4.78, 5) is 14.0. The summed E-state index contributed by atoms with van der Waals surface area (Å²) in [6, 6.07) is 17.7. The first kappa shape index (κ1) is 21.6. The maximum Gasteiger partial charge on any atom is 0.227 e. The van der Waals surface area contributed by atoms with Gasteiger partial charge in [-0.3, -0.25) is 0 Å². The highest BCUT2D eigenvalue weighted by Gasteiger charge is 2.18. The van der Waals surface area contributed by atoms with Gasteiger partial charge in [-0.05, 0) is 23.1 Å². The number of benzene rings is 2. The van der Waals surface area contributed by atoms with Gasteiger partial charge in [0.25, 0.3) is 0 Å². The number of aliphatic hydroxyl groups excluding tert-OH is 1. The Morgan fingerprint density at radius 2 is 1.78 bits per heavy atom. The third-order valence-electron chi connectivity index (χ3n) is 5.48. The van der Waals surface area contributed by atoms with E-state index >= 15 is 0 Å². The van der Waals surface area contributed by atoms with Crippen LogP contribution in [0.5, 0.6) is 0 Å². The van der Waals surface area contributed by atoms with Crippen molar-refractivity contribution in [1.29, 1.82) is 0 Å². The normalized spacial score (nSPS) is 12.2. The Hall–Kier alpha value is -3.65. The van der Waals surface area contributed by atoms with Crippen molar-refractivity contribution in [3.05, 3.63) is 72.1 Å². The summed E-state index contributed by atoms with van der Waals surface area (Å²) >= 11 is 0. The third kappa shape index (κ3) is 4.81. The van der Waals surface area contributed by atoms with Crippen LogP contribution in [0.2, 0.25) is 0 Å². The fourth-order valence-corrected chi connectivity index (χ4v) is 3.49. The molecular weight excluding hydrogens is 402 g/mol. The molecule has 4 aromatic rings. The summed E-state index contributed by atoms with van der Waals surface area (Å²) in [5.41, 5.74) is 10.4. The minimum absolute atomic E-state index is 0.00828. The number of anilines is 3. The van der Waals surface area contributed by atoms with E-state index in [1.54, 1.807) is 6.33 Å². The number of aromatic nitrogens is 4. The Kier molecular flexibility index (Phi) is 6.51. The third-order valence-corrected chi connectivity index (χ3v) is 5.48. The number of nitrogen functional groups attached to an aromatic ring is 1. The first-order valence-electron chi connectivity index (χ1n) is 10.8. The molecule has 2 aromatic carbocycles. The molecule has 8 heteroatoms. The monoisotopic (exact) mass is 431 g/mol. The van der Waals surface area contributed by atoms with Crippen LogP contribution in [-0.4, -0.2) is 37.3 Å².